The van der Waals surface area contributed by atoms with Crippen LogP contribution in [0.2, 0.25) is 0 Å². The number of carbonyl (C=O) groups excluding carboxylic acids is 1. The van der Waals surface area contributed by atoms with E-state index in [1.807, 2.05) is 31.2 Å². The van der Waals surface area contributed by atoms with Gasteiger partial charge < -0.3 is 14.8 Å². The summed E-state index contributed by atoms with van der Waals surface area (Å²) >= 11 is 0. The van der Waals surface area contributed by atoms with E-state index in [1.165, 1.54) is 14.0 Å². The van der Waals surface area contributed by atoms with E-state index in [0.29, 0.717) is 0 Å². The average Bonchev–Trinajstić information content (AvgIpc) is 3.01. The first-order valence-corrected chi connectivity index (χ1v) is 9.73. The highest BCUT2D eigenvalue weighted by Gasteiger charge is 2.24. The molecule has 0 aliphatic rings. The highest BCUT2D eigenvalue weighted by molar-refractivity contribution is 7.89. The van der Waals surface area contributed by atoms with Crippen LogP contribution >= 0.6 is 0 Å². The van der Waals surface area contributed by atoms with Crippen molar-refractivity contribution in [1.29, 1.82) is 0 Å². The van der Waals surface area contributed by atoms with Gasteiger partial charge in [-0.1, -0.05) is 29.8 Å². The molecule has 1 amide bonds. The number of carboxylic acids is 1. The number of hydrogen-bond donors (Lipinski definition) is 3. The molecule has 0 bridgehead atoms. The van der Waals surface area contributed by atoms with Crippen LogP contribution in [0, 0.1) is 19.8 Å². The van der Waals surface area contributed by atoms with Crippen LogP contribution in [0.5, 0.6) is 0 Å². The maximum absolute atomic E-state index is 12.3. The van der Waals surface area contributed by atoms with Crippen molar-refractivity contribution in [3.63, 3.8) is 0 Å². The number of benzene rings is 1. The molecular formula is C18H22N2O6S. The quantitative estimate of drug-likeness (QED) is 0.623. The van der Waals surface area contributed by atoms with Gasteiger partial charge in [-0.05, 0) is 32.9 Å². The van der Waals surface area contributed by atoms with Crippen LogP contribution < -0.4 is 10.0 Å². The predicted octanol–water partition coefficient (Wildman–Crippen LogP) is 1.48. The van der Waals surface area contributed by atoms with Crippen LogP contribution in [0.15, 0.2) is 39.8 Å². The Morgan fingerprint density at radius 3 is 2.52 bits per heavy atom. The first-order chi connectivity index (χ1) is 12.6. The number of rotatable bonds is 8. The smallest absolute Gasteiger partial charge is 0.308 e. The van der Waals surface area contributed by atoms with E-state index >= 15 is 0 Å². The number of aryl methyl sites for hydroxylation is 2. The Balaban J connectivity index is 2.09. The number of carboxylic acid groups (broad SMARTS) is 1. The van der Waals surface area contributed by atoms with Crippen LogP contribution in [-0.4, -0.2) is 39.0 Å². The number of hydrogen-bond acceptors (Lipinski definition) is 5. The molecule has 0 fully saturated rings. The van der Waals surface area contributed by atoms with Gasteiger partial charge in [0.2, 0.25) is 5.09 Å². The van der Waals surface area contributed by atoms with E-state index in [9.17, 15) is 23.1 Å². The monoisotopic (exact) mass is 394 g/mol. The van der Waals surface area contributed by atoms with Gasteiger partial charge in [0.25, 0.3) is 15.9 Å². The highest BCUT2D eigenvalue weighted by atomic mass is 32.2. The van der Waals surface area contributed by atoms with E-state index in [2.05, 4.69) is 10.0 Å². The summed E-state index contributed by atoms with van der Waals surface area (Å²) in [4.78, 5) is 23.9. The maximum Gasteiger partial charge on any atom is 0.308 e. The zero-order valence-electron chi connectivity index (χ0n) is 15.3. The molecule has 1 unspecified atom stereocenters. The fourth-order valence-electron chi connectivity index (χ4n) is 2.59. The highest BCUT2D eigenvalue weighted by Crippen LogP contribution is 2.19. The minimum absolute atomic E-state index is 0.0449. The van der Waals surface area contributed by atoms with Crippen LogP contribution in [-0.2, 0) is 21.2 Å². The van der Waals surface area contributed by atoms with Gasteiger partial charge in [0, 0.05) is 12.6 Å². The van der Waals surface area contributed by atoms with Gasteiger partial charge in [-0.15, -0.1) is 0 Å². The van der Waals surface area contributed by atoms with Gasteiger partial charge in [-0.25, -0.2) is 13.1 Å². The normalized spacial score (nSPS) is 12.6. The summed E-state index contributed by atoms with van der Waals surface area (Å²) in [7, 11) is -2.58. The Morgan fingerprint density at radius 2 is 1.93 bits per heavy atom. The van der Waals surface area contributed by atoms with Gasteiger partial charge in [0.1, 0.15) is 5.76 Å². The second kappa shape index (κ2) is 8.36. The maximum atomic E-state index is 12.3. The van der Waals surface area contributed by atoms with Gasteiger partial charge >= 0.3 is 5.97 Å². The fourth-order valence-corrected chi connectivity index (χ4v) is 3.30. The van der Waals surface area contributed by atoms with Crippen molar-refractivity contribution in [2.45, 2.75) is 25.4 Å². The number of sulfonamides is 1. The summed E-state index contributed by atoms with van der Waals surface area (Å²) in [6.07, 6.45) is 0.265. The molecule has 1 atom stereocenters. The second-order valence-electron chi connectivity index (χ2n) is 6.18. The van der Waals surface area contributed by atoms with Crippen molar-refractivity contribution < 1.29 is 27.5 Å². The molecule has 1 heterocycles. The SMILES string of the molecule is CNS(=O)(=O)c1cc(C(=O)NCC(Cc2cccc(C)c2)C(=O)O)c(C)o1. The van der Waals surface area contributed by atoms with E-state index < -0.39 is 27.8 Å². The van der Waals surface area contributed by atoms with Crippen LogP contribution in [0.4, 0.5) is 0 Å². The number of nitrogens with one attached hydrogen (secondary N) is 2. The molecule has 9 heteroatoms. The molecule has 2 rings (SSSR count). The van der Waals surface area contributed by atoms with E-state index in [1.54, 1.807) is 0 Å². The molecule has 0 saturated carbocycles. The Bertz CT molecular complexity index is 949. The van der Waals surface area contributed by atoms with Crippen molar-refractivity contribution in [3.8, 4) is 0 Å². The van der Waals surface area contributed by atoms with Gasteiger partial charge in [-0.2, -0.15) is 0 Å². The molecule has 1 aromatic heterocycles. The zero-order chi connectivity index (χ0) is 20.2. The minimum Gasteiger partial charge on any atom is -0.481 e. The number of aliphatic carboxylic acids is 1. The van der Waals surface area contributed by atoms with Crippen LogP contribution in [0.25, 0.3) is 0 Å². The third-order valence-electron chi connectivity index (χ3n) is 4.10. The summed E-state index contributed by atoms with van der Waals surface area (Å²) in [5.41, 5.74) is 1.93. The van der Waals surface area contributed by atoms with Gasteiger partial charge in [-0.3, -0.25) is 9.59 Å². The van der Waals surface area contributed by atoms with Crippen molar-refractivity contribution >= 4 is 21.9 Å². The lowest BCUT2D eigenvalue weighted by Gasteiger charge is -2.13. The zero-order valence-corrected chi connectivity index (χ0v) is 16.1. The predicted molar refractivity (Wildman–Crippen MR) is 98.0 cm³/mol. The number of carbonyl (C=O) groups is 2. The Kier molecular flexibility index (Phi) is 6.40. The average molecular weight is 394 g/mol. The molecule has 1 aromatic carbocycles. The molecule has 0 aliphatic carbocycles. The minimum atomic E-state index is -3.81. The molecule has 0 aliphatic heterocycles. The van der Waals surface area contributed by atoms with Gasteiger partial charge in [0.05, 0.1) is 11.5 Å². The molecule has 8 nitrogen and oxygen atoms in total. The summed E-state index contributed by atoms with van der Waals surface area (Å²) in [6.45, 7) is 3.28. The Morgan fingerprint density at radius 1 is 1.22 bits per heavy atom. The molecule has 2 aromatic rings. The molecule has 0 spiro atoms. The summed E-state index contributed by atoms with van der Waals surface area (Å²) < 4.78 is 30.8. The molecular weight excluding hydrogens is 372 g/mol. The standard InChI is InChI=1S/C18H22N2O6S/c1-11-5-4-6-13(7-11)8-14(18(22)23)10-20-17(21)15-9-16(26-12(15)2)27(24,25)19-3/h4-7,9,14,19H,8,10H2,1-3H3,(H,20,21)(H,22,23). The number of furan rings is 1. The van der Waals surface area contributed by atoms with Crippen LogP contribution in [0.1, 0.15) is 27.2 Å². The van der Waals surface area contributed by atoms with E-state index in [0.717, 1.165) is 17.2 Å². The third-order valence-corrected chi connectivity index (χ3v) is 5.36. The lowest BCUT2D eigenvalue weighted by Crippen LogP contribution is -2.34. The van der Waals surface area contributed by atoms with Crippen molar-refractivity contribution in [2.24, 2.45) is 5.92 Å². The molecule has 27 heavy (non-hydrogen) atoms. The topological polar surface area (TPSA) is 126 Å². The van der Waals surface area contributed by atoms with E-state index in [4.69, 9.17) is 4.42 Å². The lowest BCUT2D eigenvalue weighted by atomic mass is 9.98. The molecule has 0 saturated heterocycles. The lowest BCUT2D eigenvalue weighted by molar-refractivity contribution is -0.141. The van der Waals surface area contributed by atoms with E-state index in [-0.39, 0.29) is 29.4 Å². The third kappa shape index (κ3) is 5.18. The Labute approximate surface area is 157 Å². The Hall–Kier alpha value is -2.65. The molecule has 146 valence electrons. The first-order valence-electron chi connectivity index (χ1n) is 8.24. The molecule has 0 radical (unpaired) electrons. The van der Waals surface area contributed by atoms with Crippen molar-refractivity contribution in [3.05, 3.63) is 52.8 Å². The van der Waals surface area contributed by atoms with Crippen molar-refractivity contribution in [1.82, 2.24) is 10.0 Å². The van der Waals surface area contributed by atoms with Gasteiger partial charge in [0.15, 0.2) is 0 Å². The fraction of sp³-hybridized carbons (Fsp3) is 0.333. The largest absolute Gasteiger partial charge is 0.481 e. The van der Waals surface area contributed by atoms with Crippen LogP contribution in [0.3, 0.4) is 0 Å². The summed E-state index contributed by atoms with van der Waals surface area (Å²) in [5, 5.41) is 11.6. The summed E-state index contributed by atoms with van der Waals surface area (Å²) in [6, 6.07) is 8.61. The van der Waals surface area contributed by atoms with Crippen molar-refractivity contribution in [2.75, 3.05) is 13.6 Å². The molecule has 3 N–H and O–H groups in total. The first kappa shape index (κ1) is 20.7. The second-order valence-corrected chi connectivity index (χ2v) is 8.00. The number of amides is 1. The summed E-state index contributed by atoms with van der Waals surface area (Å²) in [5.74, 6) is -2.31.